The summed E-state index contributed by atoms with van der Waals surface area (Å²) in [5, 5.41) is 14.9. The van der Waals surface area contributed by atoms with E-state index in [0.717, 1.165) is 25.3 Å². The molecule has 0 aromatic heterocycles. The number of aromatic hydroxyl groups is 1. The van der Waals surface area contributed by atoms with Gasteiger partial charge in [0.05, 0.1) is 5.56 Å². The van der Waals surface area contributed by atoms with Crippen LogP contribution in [0.25, 0.3) is 0 Å². The number of halogens is 1. The molecule has 2 amide bonds. The van der Waals surface area contributed by atoms with E-state index in [4.69, 9.17) is 0 Å². The molecule has 0 unspecified atom stereocenters. The van der Waals surface area contributed by atoms with Crippen molar-refractivity contribution < 1.29 is 19.1 Å². The van der Waals surface area contributed by atoms with Gasteiger partial charge in [-0.05, 0) is 45.2 Å². The van der Waals surface area contributed by atoms with E-state index in [1.165, 1.54) is 12.1 Å². The van der Waals surface area contributed by atoms with Gasteiger partial charge in [0.15, 0.2) is 0 Å². The predicted molar refractivity (Wildman–Crippen MR) is 84.6 cm³/mol. The first kappa shape index (κ1) is 17.2. The standard InChI is InChI=1S/C17H23FN2O3/c1-10(2)19-16(22)11-4-3-5-12(8-11)20-17(23)14-7-6-13(21)9-15(14)18/h6-7,9-12,21H,3-5,8H2,1-2H3,(H,19,22)(H,20,23)/t11-,12-/m1/s1. The minimum atomic E-state index is -0.757. The first-order valence-corrected chi connectivity index (χ1v) is 7.96. The molecule has 1 saturated carbocycles. The molecule has 0 bridgehead atoms. The van der Waals surface area contributed by atoms with Gasteiger partial charge >= 0.3 is 0 Å². The zero-order valence-corrected chi connectivity index (χ0v) is 13.4. The second-order valence-electron chi connectivity index (χ2n) is 6.36. The van der Waals surface area contributed by atoms with Crippen LogP contribution in [-0.2, 0) is 4.79 Å². The van der Waals surface area contributed by atoms with Crippen molar-refractivity contribution in [2.24, 2.45) is 5.92 Å². The Labute approximate surface area is 135 Å². The molecule has 2 atom stereocenters. The number of hydrogen-bond acceptors (Lipinski definition) is 3. The van der Waals surface area contributed by atoms with Crippen LogP contribution in [0.4, 0.5) is 4.39 Å². The lowest BCUT2D eigenvalue weighted by atomic mass is 9.85. The van der Waals surface area contributed by atoms with Crippen LogP contribution < -0.4 is 10.6 Å². The zero-order valence-electron chi connectivity index (χ0n) is 13.4. The minimum absolute atomic E-state index is 0.00904. The average Bonchev–Trinajstić information content (AvgIpc) is 2.46. The molecule has 1 aromatic carbocycles. The molecule has 1 aliphatic carbocycles. The largest absolute Gasteiger partial charge is 0.508 e. The van der Waals surface area contributed by atoms with Gasteiger partial charge < -0.3 is 15.7 Å². The SMILES string of the molecule is CC(C)NC(=O)[C@@H]1CCC[C@@H](NC(=O)c2ccc(O)cc2F)C1. The van der Waals surface area contributed by atoms with Gasteiger partial charge in [0, 0.05) is 24.1 Å². The van der Waals surface area contributed by atoms with E-state index in [-0.39, 0.29) is 35.2 Å². The summed E-state index contributed by atoms with van der Waals surface area (Å²) in [7, 11) is 0. The lowest BCUT2D eigenvalue weighted by molar-refractivity contribution is -0.126. The molecule has 1 aliphatic rings. The molecule has 0 spiro atoms. The van der Waals surface area contributed by atoms with Crippen LogP contribution in [-0.4, -0.2) is 29.0 Å². The van der Waals surface area contributed by atoms with Crippen molar-refractivity contribution in [3.63, 3.8) is 0 Å². The lowest BCUT2D eigenvalue weighted by Crippen LogP contribution is -2.43. The van der Waals surface area contributed by atoms with Crippen molar-refractivity contribution in [3.05, 3.63) is 29.6 Å². The maximum Gasteiger partial charge on any atom is 0.254 e. The van der Waals surface area contributed by atoms with Crippen LogP contribution in [0.15, 0.2) is 18.2 Å². The molecular weight excluding hydrogens is 299 g/mol. The van der Waals surface area contributed by atoms with Crippen molar-refractivity contribution in [1.82, 2.24) is 10.6 Å². The summed E-state index contributed by atoms with van der Waals surface area (Å²) < 4.78 is 13.7. The third kappa shape index (κ3) is 4.68. The fraction of sp³-hybridized carbons (Fsp3) is 0.529. The number of carbonyl (C=O) groups excluding carboxylic acids is 2. The number of carbonyl (C=O) groups is 2. The molecule has 2 rings (SSSR count). The molecule has 1 fully saturated rings. The topological polar surface area (TPSA) is 78.4 Å². The Bertz CT molecular complexity index is 589. The van der Waals surface area contributed by atoms with E-state index in [0.29, 0.717) is 6.42 Å². The average molecular weight is 322 g/mol. The molecule has 5 nitrogen and oxygen atoms in total. The molecule has 23 heavy (non-hydrogen) atoms. The van der Waals surface area contributed by atoms with Crippen LogP contribution in [0.1, 0.15) is 49.9 Å². The van der Waals surface area contributed by atoms with E-state index in [9.17, 15) is 19.1 Å². The second kappa shape index (κ2) is 7.44. The molecule has 126 valence electrons. The van der Waals surface area contributed by atoms with Crippen molar-refractivity contribution in [3.8, 4) is 5.75 Å². The Morgan fingerprint density at radius 1 is 1.30 bits per heavy atom. The fourth-order valence-electron chi connectivity index (χ4n) is 2.91. The van der Waals surface area contributed by atoms with Crippen molar-refractivity contribution in [1.29, 1.82) is 0 Å². The highest BCUT2D eigenvalue weighted by atomic mass is 19.1. The second-order valence-corrected chi connectivity index (χ2v) is 6.36. The number of phenols is 1. The summed E-state index contributed by atoms with van der Waals surface area (Å²) in [5.41, 5.74) is -0.100. The summed E-state index contributed by atoms with van der Waals surface area (Å²) >= 11 is 0. The number of rotatable bonds is 4. The van der Waals surface area contributed by atoms with Crippen molar-refractivity contribution in [2.75, 3.05) is 0 Å². The minimum Gasteiger partial charge on any atom is -0.508 e. The molecule has 0 radical (unpaired) electrons. The van der Waals surface area contributed by atoms with Gasteiger partial charge in [-0.1, -0.05) is 6.42 Å². The maximum absolute atomic E-state index is 13.7. The first-order valence-electron chi connectivity index (χ1n) is 7.96. The molecule has 6 heteroatoms. The van der Waals surface area contributed by atoms with Gasteiger partial charge in [0.2, 0.25) is 5.91 Å². The number of phenolic OH excluding ortho intramolecular Hbond substituents is 1. The Balaban J connectivity index is 1.96. The molecular formula is C17H23FN2O3. The number of amides is 2. The van der Waals surface area contributed by atoms with Gasteiger partial charge in [-0.15, -0.1) is 0 Å². The molecule has 3 N–H and O–H groups in total. The van der Waals surface area contributed by atoms with E-state index in [2.05, 4.69) is 10.6 Å². The highest BCUT2D eigenvalue weighted by molar-refractivity contribution is 5.94. The number of hydrogen-bond donors (Lipinski definition) is 3. The van der Waals surface area contributed by atoms with Crippen molar-refractivity contribution in [2.45, 2.75) is 51.6 Å². The van der Waals surface area contributed by atoms with E-state index >= 15 is 0 Å². The van der Waals surface area contributed by atoms with E-state index in [1.54, 1.807) is 0 Å². The van der Waals surface area contributed by atoms with Gasteiger partial charge in [-0.2, -0.15) is 0 Å². The number of benzene rings is 1. The molecule has 0 heterocycles. The predicted octanol–water partition coefficient (Wildman–Crippen LogP) is 2.34. The zero-order chi connectivity index (χ0) is 17.0. The van der Waals surface area contributed by atoms with Crippen molar-refractivity contribution >= 4 is 11.8 Å². The monoisotopic (exact) mass is 322 g/mol. The Kier molecular flexibility index (Phi) is 5.58. The summed E-state index contributed by atoms with van der Waals surface area (Å²) in [5.74, 6) is -1.61. The maximum atomic E-state index is 13.7. The summed E-state index contributed by atoms with van der Waals surface area (Å²) in [4.78, 5) is 24.3. The Morgan fingerprint density at radius 3 is 2.70 bits per heavy atom. The third-order valence-corrected chi connectivity index (χ3v) is 4.01. The van der Waals surface area contributed by atoms with Crippen LogP contribution in [0.3, 0.4) is 0 Å². The smallest absolute Gasteiger partial charge is 0.254 e. The van der Waals surface area contributed by atoms with E-state index in [1.807, 2.05) is 13.8 Å². The molecule has 1 aromatic rings. The lowest BCUT2D eigenvalue weighted by Gasteiger charge is -2.29. The normalized spacial score (nSPS) is 21.0. The molecule has 0 saturated heterocycles. The van der Waals surface area contributed by atoms with Crippen LogP contribution in [0.2, 0.25) is 0 Å². The Morgan fingerprint density at radius 2 is 2.04 bits per heavy atom. The van der Waals surface area contributed by atoms with Gasteiger partial charge in [0.1, 0.15) is 11.6 Å². The first-order chi connectivity index (χ1) is 10.9. The summed E-state index contributed by atoms with van der Waals surface area (Å²) in [6.07, 6.45) is 2.98. The summed E-state index contributed by atoms with van der Waals surface area (Å²) in [6.45, 7) is 3.82. The van der Waals surface area contributed by atoms with Crippen LogP contribution >= 0.6 is 0 Å². The number of nitrogens with one attached hydrogen (secondary N) is 2. The third-order valence-electron chi connectivity index (χ3n) is 4.01. The van der Waals surface area contributed by atoms with Gasteiger partial charge in [-0.25, -0.2) is 4.39 Å². The molecule has 0 aliphatic heterocycles. The van der Waals surface area contributed by atoms with Gasteiger partial charge in [0.25, 0.3) is 5.91 Å². The summed E-state index contributed by atoms with van der Waals surface area (Å²) in [6, 6.07) is 3.38. The Hall–Kier alpha value is -2.11. The van der Waals surface area contributed by atoms with Gasteiger partial charge in [-0.3, -0.25) is 9.59 Å². The highest BCUT2D eigenvalue weighted by Gasteiger charge is 2.29. The van der Waals surface area contributed by atoms with Crippen LogP contribution in [0, 0.1) is 11.7 Å². The fourth-order valence-corrected chi connectivity index (χ4v) is 2.91. The highest BCUT2D eigenvalue weighted by Crippen LogP contribution is 2.25. The quantitative estimate of drug-likeness (QED) is 0.796. The van der Waals surface area contributed by atoms with Crippen LogP contribution in [0.5, 0.6) is 5.75 Å². The van der Waals surface area contributed by atoms with E-state index < -0.39 is 11.7 Å².